The molecule has 1 atom stereocenters. The van der Waals surface area contributed by atoms with Gasteiger partial charge >= 0.3 is 5.97 Å². The minimum Gasteiger partial charge on any atom is -0.497 e. The second kappa shape index (κ2) is 9.54. The Bertz CT molecular complexity index is 1160. The van der Waals surface area contributed by atoms with Crippen LogP contribution in [0.1, 0.15) is 25.0 Å². The number of hydrogen-bond donors (Lipinski definition) is 0. The van der Waals surface area contributed by atoms with Crippen LogP contribution in [0.5, 0.6) is 5.75 Å². The third-order valence-corrected chi connectivity index (χ3v) is 7.30. The van der Waals surface area contributed by atoms with Crippen LogP contribution >= 0.6 is 0 Å². The topological polar surface area (TPSA) is 98.9 Å². The largest absolute Gasteiger partial charge is 0.497 e. The number of sulfonamides is 1. The van der Waals surface area contributed by atoms with Crippen molar-refractivity contribution >= 4 is 16.0 Å². The van der Waals surface area contributed by atoms with E-state index in [0.29, 0.717) is 24.3 Å². The number of esters is 1. The number of ether oxygens (including phenoxy) is 2. The summed E-state index contributed by atoms with van der Waals surface area (Å²) in [4.78, 5) is 13.0. The Labute approximate surface area is 186 Å². The maximum atomic E-state index is 13.1. The monoisotopic (exact) mass is 456 g/mol. The van der Waals surface area contributed by atoms with Gasteiger partial charge in [-0.15, -0.1) is 0 Å². The zero-order chi connectivity index (χ0) is 22.6. The van der Waals surface area contributed by atoms with Gasteiger partial charge in [0, 0.05) is 18.2 Å². The quantitative estimate of drug-likeness (QED) is 0.501. The number of benzene rings is 2. The Hall–Kier alpha value is -3.17. The highest BCUT2D eigenvalue weighted by atomic mass is 32.2. The Morgan fingerprint density at radius 1 is 1.12 bits per heavy atom. The van der Waals surface area contributed by atoms with E-state index < -0.39 is 22.0 Å². The van der Waals surface area contributed by atoms with Crippen molar-refractivity contribution in [1.29, 1.82) is 0 Å². The molecule has 0 amide bonds. The summed E-state index contributed by atoms with van der Waals surface area (Å²) in [6, 6.07) is 16.3. The Kier molecular flexibility index (Phi) is 6.57. The van der Waals surface area contributed by atoms with Gasteiger partial charge in [0.25, 0.3) is 0 Å². The van der Waals surface area contributed by atoms with Gasteiger partial charge in [-0.1, -0.05) is 23.4 Å². The van der Waals surface area contributed by atoms with Crippen molar-refractivity contribution in [1.82, 2.24) is 9.46 Å². The number of nitrogens with zero attached hydrogens (tertiary/aromatic N) is 2. The van der Waals surface area contributed by atoms with Gasteiger partial charge in [-0.2, -0.15) is 4.31 Å². The molecule has 1 saturated heterocycles. The fourth-order valence-electron chi connectivity index (χ4n) is 3.67. The molecule has 0 saturated carbocycles. The number of aromatic nitrogens is 1. The van der Waals surface area contributed by atoms with E-state index in [9.17, 15) is 13.2 Å². The van der Waals surface area contributed by atoms with Crippen molar-refractivity contribution < 1.29 is 27.2 Å². The molecule has 1 unspecified atom stereocenters. The summed E-state index contributed by atoms with van der Waals surface area (Å²) < 4.78 is 43.2. The molecule has 168 valence electrons. The van der Waals surface area contributed by atoms with Crippen LogP contribution in [-0.2, 0) is 26.2 Å². The van der Waals surface area contributed by atoms with Crippen molar-refractivity contribution in [2.24, 2.45) is 0 Å². The van der Waals surface area contributed by atoms with E-state index in [0.717, 1.165) is 17.7 Å². The van der Waals surface area contributed by atoms with Crippen LogP contribution < -0.4 is 4.74 Å². The average Bonchev–Trinajstić information content (AvgIpc) is 3.32. The fraction of sp³-hybridized carbons (Fsp3) is 0.304. The number of carbonyl (C=O) groups excluding carboxylic acids is 1. The summed E-state index contributed by atoms with van der Waals surface area (Å²) in [5, 5.41) is 4.01. The van der Waals surface area contributed by atoms with Crippen LogP contribution in [-0.4, -0.2) is 43.5 Å². The van der Waals surface area contributed by atoms with Crippen molar-refractivity contribution in [2.45, 2.75) is 36.8 Å². The molecule has 2 aromatic carbocycles. The van der Waals surface area contributed by atoms with Crippen molar-refractivity contribution in [2.75, 3.05) is 13.7 Å². The highest BCUT2D eigenvalue weighted by molar-refractivity contribution is 7.89. The van der Waals surface area contributed by atoms with E-state index >= 15 is 0 Å². The SMILES string of the molecule is COc1ccc(-c2cc(COC(=O)C3CCCCN3S(=O)(=O)c3ccccc3)on2)cc1. The number of rotatable bonds is 7. The fourth-order valence-corrected chi connectivity index (χ4v) is 5.34. The van der Waals surface area contributed by atoms with Crippen LogP contribution in [0.4, 0.5) is 0 Å². The number of methoxy groups -OCH3 is 1. The van der Waals surface area contributed by atoms with Crippen molar-refractivity contribution in [3.8, 4) is 17.0 Å². The molecule has 0 bridgehead atoms. The Morgan fingerprint density at radius 2 is 1.88 bits per heavy atom. The summed E-state index contributed by atoms with van der Waals surface area (Å²) >= 11 is 0. The lowest BCUT2D eigenvalue weighted by atomic mass is 10.1. The molecule has 0 N–H and O–H groups in total. The van der Waals surface area contributed by atoms with Gasteiger partial charge in [-0.25, -0.2) is 8.42 Å². The molecule has 0 aliphatic carbocycles. The first-order chi connectivity index (χ1) is 15.5. The van der Waals surface area contributed by atoms with Gasteiger partial charge < -0.3 is 14.0 Å². The molecule has 0 spiro atoms. The second-order valence-electron chi connectivity index (χ2n) is 7.46. The summed E-state index contributed by atoms with van der Waals surface area (Å²) in [5.41, 5.74) is 1.43. The molecule has 1 aliphatic heterocycles. The third-order valence-electron chi connectivity index (χ3n) is 5.38. The average molecular weight is 457 g/mol. The zero-order valence-corrected chi connectivity index (χ0v) is 18.5. The molecule has 1 aromatic heterocycles. The molecule has 2 heterocycles. The van der Waals surface area contributed by atoms with Crippen LogP contribution in [0.2, 0.25) is 0 Å². The van der Waals surface area contributed by atoms with Crippen molar-refractivity contribution in [3.05, 3.63) is 66.4 Å². The Balaban J connectivity index is 1.43. The van der Waals surface area contributed by atoms with Crippen LogP contribution in [0.25, 0.3) is 11.3 Å². The van der Waals surface area contributed by atoms with E-state index in [1.165, 1.54) is 16.4 Å². The smallest absolute Gasteiger partial charge is 0.324 e. The Morgan fingerprint density at radius 3 is 2.59 bits per heavy atom. The minimum absolute atomic E-state index is 0.127. The highest BCUT2D eigenvalue weighted by Gasteiger charge is 2.38. The summed E-state index contributed by atoms with van der Waals surface area (Å²) in [5.74, 6) is 0.512. The van der Waals surface area contributed by atoms with Gasteiger partial charge in [0.05, 0.1) is 12.0 Å². The number of piperidine rings is 1. The maximum Gasteiger partial charge on any atom is 0.324 e. The lowest BCUT2D eigenvalue weighted by Crippen LogP contribution is -2.48. The molecule has 1 aliphatic rings. The lowest BCUT2D eigenvalue weighted by molar-refractivity contribution is -0.151. The molecule has 0 radical (unpaired) electrons. The van der Waals surface area contributed by atoms with Crippen LogP contribution in [0, 0.1) is 0 Å². The van der Waals surface area contributed by atoms with Gasteiger partial charge in [-0.3, -0.25) is 4.79 Å². The summed E-state index contributed by atoms with van der Waals surface area (Å²) in [6.07, 6.45) is 1.87. The van der Waals surface area contributed by atoms with Crippen LogP contribution in [0.3, 0.4) is 0 Å². The molecular formula is C23H24N2O6S. The summed E-state index contributed by atoms with van der Waals surface area (Å²) in [7, 11) is -2.20. The molecule has 8 nitrogen and oxygen atoms in total. The van der Waals surface area contributed by atoms with E-state index in [2.05, 4.69) is 5.16 Å². The normalized spacial score (nSPS) is 17.1. The highest BCUT2D eigenvalue weighted by Crippen LogP contribution is 2.27. The van der Waals surface area contributed by atoms with Crippen molar-refractivity contribution in [3.63, 3.8) is 0 Å². The van der Waals surface area contributed by atoms with Crippen LogP contribution in [0.15, 0.2) is 70.1 Å². The van der Waals surface area contributed by atoms with E-state index in [1.807, 2.05) is 24.3 Å². The van der Waals surface area contributed by atoms with Gasteiger partial charge in [0.2, 0.25) is 10.0 Å². The van der Waals surface area contributed by atoms with E-state index in [4.69, 9.17) is 14.0 Å². The minimum atomic E-state index is -3.79. The predicted octanol–water partition coefficient (Wildman–Crippen LogP) is 3.64. The van der Waals surface area contributed by atoms with Gasteiger partial charge in [-0.05, 0) is 55.7 Å². The first-order valence-electron chi connectivity index (χ1n) is 10.3. The third kappa shape index (κ3) is 4.68. The molecular weight excluding hydrogens is 432 g/mol. The van der Waals surface area contributed by atoms with E-state index in [1.54, 1.807) is 31.4 Å². The molecule has 9 heteroatoms. The maximum absolute atomic E-state index is 13.1. The zero-order valence-electron chi connectivity index (χ0n) is 17.6. The number of hydrogen-bond acceptors (Lipinski definition) is 7. The molecule has 3 aromatic rings. The number of carbonyl (C=O) groups is 1. The standard InChI is InChI=1S/C23H24N2O6S/c1-29-18-12-10-17(11-13-18)21-15-19(31-24-21)16-30-23(26)22-9-5-6-14-25(22)32(27,28)20-7-3-2-4-8-20/h2-4,7-8,10-13,15,22H,5-6,9,14,16H2,1H3. The van der Waals surface area contributed by atoms with Gasteiger partial charge in [0.1, 0.15) is 17.5 Å². The molecule has 32 heavy (non-hydrogen) atoms. The second-order valence-corrected chi connectivity index (χ2v) is 9.35. The summed E-state index contributed by atoms with van der Waals surface area (Å²) in [6.45, 7) is 0.151. The molecule has 4 rings (SSSR count). The first kappa shape index (κ1) is 22.0. The van der Waals surface area contributed by atoms with E-state index in [-0.39, 0.29) is 18.0 Å². The molecule has 1 fully saturated rings. The lowest BCUT2D eigenvalue weighted by Gasteiger charge is -2.32. The predicted molar refractivity (Wildman–Crippen MR) is 116 cm³/mol. The van der Waals surface area contributed by atoms with Gasteiger partial charge in [0.15, 0.2) is 12.4 Å². The first-order valence-corrected chi connectivity index (χ1v) is 11.8.